The zero-order valence-corrected chi connectivity index (χ0v) is 19.9. The second kappa shape index (κ2) is 8.03. The lowest BCUT2D eigenvalue weighted by Crippen LogP contribution is -2.48. The van der Waals surface area contributed by atoms with Crippen LogP contribution < -0.4 is 0 Å². The van der Waals surface area contributed by atoms with Gasteiger partial charge in [-0.05, 0) is 13.8 Å². The predicted molar refractivity (Wildman–Crippen MR) is 126 cm³/mol. The van der Waals surface area contributed by atoms with E-state index in [1.165, 1.54) is 13.8 Å². The van der Waals surface area contributed by atoms with Crippen molar-refractivity contribution in [3.63, 3.8) is 0 Å². The summed E-state index contributed by atoms with van der Waals surface area (Å²) in [4.78, 5) is 7.69. The topological polar surface area (TPSA) is 25.8 Å². The first-order valence-electron chi connectivity index (χ1n) is 10.4. The number of aromatic nitrogens is 2. The van der Waals surface area contributed by atoms with Crippen molar-refractivity contribution in [3.05, 3.63) is 81.8 Å². The van der Waals surface area contributed by atoms with Gasteiger partial charge in [0.1, 0.15) is 10.0 Å². The summed E-state index contributed by atoms with van der Waals surface area (Å²) in [5.74, 6) is -15.9. The van der Waals surface area contributed by atoms with Gasteiger partial charge in [-0.25, -0.2) is 9.97 Å². The molecule has 0 spiro atoms. The van der Waals surface area contributed by atoms with Gasteiger partial charge in [-0.3, -0.25) is 0 Å². The number of benzene rings is 2. The summed E-state index contributed by atoms with van der Waals surface area (Å²) in [5.41, 5.74) is -1.71. The molecule has 2 nitrogen and oxygen atoms in total. The van der Waals surface area contributed by atoms with Crippen LogP contribution in [0, 0.1) is 13.8 Å². The summed E-state index contributed by atoms with van der Waals surface area (Å²) >= 11 is 1.38. The maximum Gasteiger partial charge on any atom is 0.380 e. The Morgan fingerprint density at radius 3 is 1.26 bits per heavy atom. The van der Waals surface area contributed by atoms with Crippen molar-refractivity contribution in [2.45, 2.75) is 31.6 Å². The molecule has 0 bridgehead atoms. The smallest absolute Gasteiger partial charge is 0.241 e. The number of rotatable bonds is 4. The highest BCUT2D eigenvalue weighted by Gasteiger charge is 2.81. The summed E-state index contributed by atoms with van der Waals surface area (Å²) in [7, 11) is 0. The van der Waals surface area contributed by atoms with Crippen molar-refractivity contribution in [3.8, 4) is 21.1 Å². The average Bonchev–Trinajstić information content (AvgIpc) is 3.42. The first-order chi connectivity index (χ1) is 16.5. The third-order valence-electron chi connectivity index (χ3n) is 5.76. The maximum atomic E-state index is 15.2. The average molecular weight is 523 g/mol. The van der Waals surface area contributed by atoms with Gasteiger partial charge < -0.3 is 0 Å². The fourth-order valence-electron chi connectivity index (χ4n) is 4.00. The summed E-state index contributed by atoms with van der Waals surface area (Å²) in [6.07, 6.45) is 0. The van der Waals surface area contributed by atoms with Gasteiger partial charge in [-0.15, -0.1) is 22.7 Å². The van der Waals surface area contributed by atoms with E-state index in [0.717, 1.165) is 0 Å². The maximum absolute atomic E-state index is 15.2. The van der Waals surface area contributed by atoms with Crippen LogP contribution in [0.5, 0.6) is 0 Å². The Morgan fingerprint density at radius 1 is 0.571 bits per heavy atom. The number of thiazole rings is 2. The predicted octanol–water partition coefficient (Wildman–Crippen LogP) is 8.38. The fraction of sp³-hybridized carbons (Fsp3) is 0.200. The lowest BCUT2D eigenvalue weighted by atomic mass is 10.0. The fourth-order valence-corrected chi connectivity index (χ4v) is 6.31. The normalized spacial score (nSPS) is 18.3. The highest BCUT2D eigenvalue weighted by atomic mass is 32.1. The summed E-state index contributed by atoms with van der Waals surface area (Å²) in [5, 5.41) is 0.538. The van der Waals surface area contributed by atoms with Crippen molar-refractivity contribution in [1.82, 2.24) is 9.97 Å². The zero-order valence-electron chi connectivity index (χ0n) is 18.3. The van der Waals surface area contributed by atoms with Crippen molar-refractivity contribution in [1.29, 1.82) is 0 Å². The van der Waals surface area contributed by atoms with Crippen LogP contribution in [0.2, 0.25) is 0 Å². The summed E-state index contributed by atoms with van der Waals surface area (Å²) in [6, 6.07) is 17.0. The SMILES string of the molecule is Cc1nc(-c2ccccc2)sc1C1=C(c2sc(-c3ccccc3)nc2C)C(F)(F)C(F)(F)C1(F)F. The molecule has 0 N–H and O–H groups in total. The number of aryl methyl sites for hydroxylation is 2. The standard InChI is InChI=1S/C25H16F6N2S2/c1-13-19(34-21(32-13)15-9-5-3-6-10-15)17-18(24(28,29)25(30,31)23(17,26)27)20-14(2)33-22(35-20)16-11-7-4-8-12-16/h3-12H,1-2H3. The first kappa shape index (κ1) is 23.7. The molecule has 0 fully saturated rings. The number of allylic oxidation sites excluding steroid dienone is 2. The van der Waals surface area contributed by atoms with E-state index in [1.54, 1.807) is 60.7 Å². The molecule has 0 unspecified atom stereocenters. The minimum absolute atomic E-state index is 0.0278. The lowest BCUT2D eigenvalue weighted by molar-refractivity contribution is -0.254. The number of alkyl halides is 6. The van der Waals surface area contributed by atoms with Crippen molar-refractivity contribution >= 4 is 33.8 Å². The molecule has 180 valence electrons. The molecule has 35 heavy (non-hydrogen) atoms. The number of halogens is 6. The van der Waals surface area contributed by atoms with Crippen LogP contribution in [0.25, 0.3) is 32.3 Å². The van der Waals surface area contributed by atoms with Crippen LogP contribution >= 0.6 is 22.7 Å². The Hall–Kier alpha value is -2.98. The monoisotopic (exact) mass is 522 g/mol. The van der Waals surface area contributed by atoms with Crippen LogP contribution in [-0.4, -0.2) is 27.7 Å². The minimum Gasteiger partial charge on any atom is -0.241 e. The Balaban J connectivity index is 1.78. The summed E-state index contributed by atoms with van der Waals surface area (Å²) in [6.45, 7) is 2.70. The van der Waals surface area contributed by atoms with E-state index >= 15 is 17.6 Å². The first-order valence-corrected chi connectivity index (χ1v) is 12.0. The second-order valence-electron chi connectivity index (χ2n) is 8.07. The molecule has 0 aliphatic heterocycles. The van der Waals surface area contributed by atoms with Gasteiger partial charge in [0.25, 0.3) is 0 Å². The molecular weight excluding hydrogens is 506 g/mol. The number of hydrogen-bond donors (Lipinski definition) is 0. The minimum atomic E-state index is -5.63. The van der Waals surface area contributed by atoms with E-state index in [9.17, 15) is 8.78 Å². The van der Waals surface area contributed by atoms with Crippen LogP contribution in [-0.2, 0) is 0 Å². The zero-order chi connectivity index (χ0) is 25.2. The van der Waals surface area contributed by atoms with Crippen LogP contribution in [0.15, 0.2) is 60.7 Å². The van der Waals surface area contributed by atoms with Gasteiger partial charge in [0.2, 0.25) is 0 Å². The highest BCUT2D eigenvalue weighted by Crippen LogP contribution is 2.66. The van der Waals surface area contributed by atoms with Crippen LogP contribution in [0.3, 0.4) is 0 Å². The number of hydrogen-bond acceptors (Lipinski definition) is 4. The molecule has 1 aliphatic carbocycles. The Morgan fingerprint density at radius 2 is 0.914 bits per heavy atom. The molecule has 0 saturated carbocycles. The second-order valence-corrected chi connectivity index (χ2v) is 10.1. The van der Waals surface area contributed by atoms with E-state index in [-0.39, 0.29) is 21.4 Å². The summed E-state index contributed by atoms with van der Waals surface area (Å²) < 4.78 is 90.4. The Kier molecular flexibility index (Phi) is 5.45. The Labute approximate surface area is 204 Å². The van der Waals surface area contributed by atoms with Gasteiger partial charge in [0, 0.05) is 11.1 Å². The molecule has 0 atom stereocenters. The lowest BCUT2D eigenvalue weighted by Gasteiger charge is -2.25. The molecule has 2 aromatic carbocycles. The van der Waals surface area contributed by atoms with Crippen molar-refractivity contribution in [2.24, 2.45) is 0 Å². The van der Waals surface area contributed by atoms with Gasteiger partial charge >= 0.3 is 17.8 Å². The van der Waals surface area contributed by atoms with E-state index in [1.807, 2.05) is 0 Å². The molecular formula is C25H16F6N2S2. The highest BCUT2D eigenvalue weighted by molar-refractivity contribution is 7.17. The molecule has 2 heterocycles. The van der Waals surface area contributed by atoms with E-state index in [2.05, 4.69) is 9.97 Å². The van der Waals surface area contributed by atoms with Crippen molar-refractivity contribution < 1.29 is 26.3 Å². The van der Waals surface area contributed by atoms with Crippen molar-refractivity contribution in [2.75, 3.05) is 0 Å². The molecule has 0 saturated heterocycles. The van der Waals surface area contributed by atoms with E-state index in [0.29, 0.717) is 33.8 Å². The molecule has 4 aromatic rings. The van der Waals surface area contributed by atoms with Gasteiger partial charge in [-0.2, -0.15) is 26.3 Å². The largest absolute Gasteiger partial charge is 0.380 e. The van der Waals surface area contributed by atoms with Crippen LogP contribution in [0.4, 0.5) is 26.3 Å². The van der Waals surface area contributed by atoms with Crippen LogP contribution in [0.1, 0.15) is 21.1 Å². The molecule has 0 amide bonds. The molecule has 5 rings (SSSR count). The molecule has 1 aliphatic rings. The van der Waals surface area contributed by atoms with Gasteiger partial charge in [0.05, 0.1) is 32.3 Å². The van der Waals surface area contributed by atoms with E-state index < -0.39 is 38.7 Å². The molecule has 0 radical (unpaired) electrons. The Bertz CT molecular complexity index is 1330. The third kappa shape index (κ3) is 3.45. The van der Waals surface area contributed by atoms with E-state index in [4.69, 9.17) is 0 Å². The van der Waals surface area contributed by atoms with Gasteiger partial charge in [-0.1, -0.05) is 60.7 Å². The van der Waals surface area contributed by atoms with Gasteiger partial charge in [0.15, 0.2) is 0 Å². The quantitative estimate of drug-likeness (QED) is 0.252. The third-order valence-corrected chi connectivity index (χ3v) is 8.20. The molecule has 2 aromatic heterocycles. The molecule has 10 heteroatoms. The number of nitrogens with zero attached hydrogens (tertiary/aromatic N) is 2.